The fourth-order valence-corrected chi connectivity index (χ4v) is 3.94. The second-order valence-corrected chi connectivity index (χ2v) is 7.01. The maximum Gasteiger partial charge on any atom is 0.237 e. The van der Waals surface area contributed by atoms with Crippen LogP contribution in [0.3, 0.4) is 0 Å². The molecule has 0 aromatic carbocycles. The van der Waals surface area contributed by atoms with E-state index in [1.165, 1.54) is 32.2 Å². The monoisotopic (exact) mass is 295 g/mol. The van der Waals surface area contributed by atoms with Crippen LogP contribution < -0.4 is 11.1 Å². The third-order valence-corrected chi connectivity index (χ3v) is 5.55. The standard InChI is InChI=1S/C17H33N3O/c1-3-11-19-17(16(18)21)10-6-9-15(12-17)20(4-2)13-14-7-5-8-14/h14-15,19H,3-13H2,1-2H3,(H2,18,21). The number of rotatable bonds is 8. The van der Waals surface area contributed by atoms with Crippen LogP contribution >= 0.6 is 0 Å². The second-order valence-electron chi connectivity index (χ2n) is 7.01. The highest BCUT2D eigenvalue weighted by Gasteiger charge is 2.42. The molecule has 0 radical (unpaired) electrons. The summed E-state index contributed by atoms with van der Waals surface area (Å²) in [4.78, 5) is 14.7. The molecule has 0 spiro atoms. The van der Waals surface area contributed by atoms with Crippen LogP contribution in [0.2, 0.25) is 0 Å². The van der Waals surface area contributed by atoms with Crippen LogP contribution in [-0.2, 0) is 4.79 Å². The van der Waals surface area contributed by atoms with Gasteiger partial charge in [0.15, 0.2) is 0 Å². The van der Waals surface area contributed by atoms with E-state index in [9.17, 15) is 4.79 Å². The lowest BCUT2D eigenvalue weighted by Crippen LogP contribution is -2.61. The largest absolute Gasteiger partial charge is 0.368 e. The van der Waals surface area contributed by atoms with Gasteiger partial charge in [-0.1, -0.05) is 20.3 Å². The lowest BCUT2D eigenvalue weighted by Gasteiger charge is -2.45. The minimum Gasteiger partial charge on any atom is -0.368 e. The van der Waals surface area contributed by atoms with Crippen molar-refractivity contribution >= 4 is 5.91 Å². The van der Waals surface area contributed by atoms with Crippen LogP contribution in [0.5, 0.6) is 0 Å². The van der Waals surface area contributed by atoms with Crippen molar-refractivity contribution in [3.05, 3.63) is 0 Å². The van der Waals surface area contributed by atoms with Gasteiger partial charge in [-0.3, -0.25) is 4.79 Å². The molecule has 3 N–H and O–H groups in total. The van der Waals surface area contributed by atoms with Gasteiger partial charge in [0.2, 0.25) is 5.91 Å². The molecule has 4 heteroatoms. The first-order valence-corrected chi connectivity index (χ1v) is 8.90. The number of carbonyl (C=O) groups excluding carboxylic acids is 1. The summed E-state index contributed by atoms with van der Waals surface area (Å²) in [5, 5.41) is 3.47. The van der Waals surface area contributed by atoms with E-state index in [0.29, 0.717) is 6.04 Å². The number of hydrogen-bond donors (Lipinski definition) is 2. The predicted molar refractivity (Wildman–Crippen MR) is 87.1 cm³/mol. The quantitative estimate of drug-likeness (QED) is 0.722. The number of nitrogens with zero attached hydrogens (tertiary/aromatic N) is 1. The van der Waals surface area contributed by atoms with E-state index in [1.807, 2.05) is 0 Å². The molecule has 2 fully saturated rings. The first kappa shape index (κ1) is 16.8. The Hall–Kier alpha value is -0.610. The number of carbonyl (C=O) groups is 1. The van der Waals surface area contributed by atoms with Crippen LogP contribution in [0.25, 0.3) is 0 Å². The Bertz CT molecular complexity index is 343. The molecule has 0 heterocycles. The van der Waals surface area contributed by atoms with Crippen molar-refractivity contribution < 1.29 is 4.79 Å². The van der Waals surface area contributed by atoms with Gasteiger partial charge >= 0.3 is 0 Å². The van der Waals surface area contributed by atoms with Gasteiger partial charge in [-0.25, -0.2) is 0 Å². The van der Waals surface area contributed by atoms with Crippen LogP contribution in [0, 0.1) is 5.92 Å². The number of primary amides is 1. The number of hydrogen-bond acceptors (Lipinski definition) is 3. The molecule has 2 rings (SSSR count). The summed E-state index contributed by atoms with van der Waals surface area (Å²) in [6.07, 6.45) is 9.32. The lowest BCUT2D eigenvalue weighted by atomic mass is 9.77. The third kappa shape index (κ3) is 3.98. The number of nitrogens with two attached hydrogens (primary N) is 1. The summed E-state index contributed by atoms with van der Waals surface area (Å²) in [5.74, 6) is 0.735. The summed E-state index contributed by atoms with van der Waals surface area (Å²) >= 11 is 0. The Labute approximate surface area is 129 Å². The molecule has 0 aromatic heterocycles. The van der Waals surface area contributed by atoms with Gasteiger partial charge in [-0.2, -0.15) is 0 Å². The van der Waals surface area contributed by atoms with E-state index in [0.717, 1.165) is 44.7 Å². The maximum atomic E-state index is 12.1. The number of amides is 1. The zero-order valence-electron chi connectivity index (χ0n) is 13.9. The predicted octanol–water partition coefficient (Wildman–Crippen LogP) is 2.27. The van der Waals surface area contributed by atoms with E-state index in [1.54, 1.807) is 0 Å². The average Bonchev–Trinajstić information content (AvgIpc) is 2.44. The first-order chi connectivity index (χ1) is 10.1. The van der Waals surface area contributed by atoms with Gasteiger partial charge in [-0.05, 0) is 64.0 Å². The second kappa shape index (κ2) is 7.59. The Kier molecular flexibility index (Phi) is 6.06. The normalized spacial score (nSPS) is 30.3. The van der Waals surface area contributed by atoms with Gasteiger partial charge in [0.25, 0.3) is 0 Å². The van der Waals surface area contributed by atoms with Crippen molar-refractivity contribution in [1.29, 1.82) is 0 Å². The van der Waals surface area contributed by atoms with Crippen LogP contribution in [0.15, 0.2) is 0 Å². The fraction of sp³-hybridized carbons (Fsp3) is 0.941. The minimum atomic E-state index is -0.466. The van der Waals surface area contributed by atoms with E-state index in [2.05, 4.69) is 24.1 Å². The van der Waals surface area contributed by atoms with Crippen molar-refractivity contribution in [2.75, 3.05) is 19.6 Å². The summed E-state index contributed by atoms with van der Waals surface area (Å²) < 4.78 is 0. The van der Waals surface area contributed by atoms with E-state index < -0.39 is 5.54 Å². The molecule has 1 amide bonds. The molecule has 0 aliphatic heterocycles. The highest BCUT2D eigenvalue weighted by Crippen LogP contribution is 2.34. The van der Waals surface area contributed by atoms with Crippen LogP contribution in [0.1, 0.15) is 65.2 Å². The molecule has 2 aliphatic rings. The van der Waals surface area contributed by atoms with Crippen molar-refractivity contribution in [2.45, 2.75) is 76.8 Å². The Morgan fingerprint density at radius 1 is 1.29 bits per heavy atom. The summed E-state index contributed by atoms with van der Waals surface area (Å²) in [6.45, 7) is 7.56. The van der Waals surface area contributed by atoms with Gasteiger partial charge in [0.1, 0.15) is 0 Å². The molecule has 2 atom stereocenters. The lowest BCUT2D eigenvalue weighted by molar-refractivity contribution is -0.126. The van der Waals surface area contributed by atoms with Crippen molar-refractivity contribution in [1.82, 2.24) is 10.2 Å². The van der Waals surface area contributed by atoms with Gasteiger partial charge in [0.05, 0.1) is 5.54 Å². The first-order valence-electron chi connectivity index (χ1n) is 8.90. The molecule has 0 saturated heterocycles. The molecule has 2 aliphatic carbocycles. The van der Waals surface area contributed by atoms with Gasteiger partial charge < -0.3 is 16.0 Å². The Morgan fingerprint density at radius 3 is 2.57 bits per heavy atom. The molecule has 2 saturated carbocycles. The summed E-state index contributed by atoms with van der Waals surface area (Å²) in [5.41, 5.74) is 5.30. The van der Waals surface area contributed by atoms with Crippen LogP contribution in [-0.4, -0.2) is 42.0 Å². The third-order valence-electron chi connectivity index (χ3n) is 5.55. The average molecular weight is 295 g/mol. The zero-order chi connectivity index (χ0) is 15.3. The van der Waals surface area contributed by atoms with Crippen molar-refractivity contribution in [2.24, 2.45) is 11.7 Å². The number of nitrogens with one attached hydrogen (secondary N) is 1. The van der Waals surface area contributed by atoms with Crippen LogP contribution in [0.4, 0.5) is 0 Å². The minimum absolute atomic E-state index is 0.152. The molecule has 4 nitrogen and oxygen atoms in total. The summed E-state index contributed by atoms with van der Waals surface area (Å²) in [7, 11) is 0. The smallest absolute Gasteiger partial charge is 0.237 e. The van der Waals surface area contributed by atoms with E-state index in [4.69, 9.17) is 5.73 Å². The zero-order valence-corrected chi connectivity index (χ0v) is 13.9. The van der Waals surface area contributed by atoms with Gasteiger partial charge in [-0.15, -0.1) is 0 Å². The SMILES string of the molecule is CCCNC1(C(N)=O)CCCC(N(CC)CC2CCC2)C1. The Balaban J connectivity index is 2.00. The molecule has 0 aromatic rings. The maximum absolute atomic E-state index is 12.1. The molecule has 122 valence electrons. The highest BCUT2D eigenvalue weighted by molar-refractivity contribution is 5.84. The van der Waals surface area contributed by atoms with Crippen molar-refractivity contribution in [3.8, 4) is 0 Å². The molecule has 0 bridgehead atoms. The molecule has 2 unspecified atom stereocenters. The van der Waals surface area contributed by atoms with E-state index >= 15 is 0 Å². The summed E-state index contributed by atoms with van der Waals surface area (Å²) in [6, 6.07) is 0.515. The van der Waals surface area contributed by atoms with E-state index in [-0.39, 0.29) is 5.91 Å². The molecule has 21 heavy (non-hydrogen) atoms. The molecular weight excluding hydrogens is 262 g/mol. The highest BCUT2D eigenvalue weighted by atomic mass is 16.1. The fourth-order valence-electron chi connectivity index (χ4n) is 3.94. The Morgan fingerprint density at radius 2 is 2.05 bits per heavy atom. The van der Waals surface area contributed by atoms with Gasteiger partial charge in [0, 0.05) is 12.6 Å². The topological polar surface area (TPSA) is 58.4 Å². The molecular formula is C17H33N3O. The van der Waals surface area contributed by atoms with Crippen molar-refractivity contribution in [3.63, 3.8) is 0 Å².